The molecule has 5 aliphatic carbocycles. The largest absolute Gasteiger partial charge is 0.396 e. The van der Waals surface area contributed by atoms with Gasteiger partial charge in [-0.2, -0.15) is 0 Å². The first-order valence-electron chi connectivity index (χ1n) is 27.8. The van der Waals surface area contributed by atoms with Crippen molar-refractivity contribution >= 4 is 0 Å². The first-order chi connectivity index (χ1) is 36.1. The molecule has 14 N–H and O–H groups in total. The number of aliphatic hydroxyl groups excluding tert-OH is 14. The van der Waals surface area contributed by atoms with E-state index < -0.39 is 170 Å². The SMILES string of the molecule is CO[C@H]1C=C2[C@@H]3CC(C)(C)CC[C@@]3(CO)[C@H](O)C[C@]2(C)[C@]2(C)CC[C@@H]3[C@](C)(CO)[C@H](O[C@H]4O[C@@H](C)[C@H](O)[C@H](O)[C@@H]4O[C@@H]4O[C@H](CO)[C@H](O)[C@@H](O[C@H]5O[C@H](CO)[C@@H](O[C@H]6OC[C@@H](O)[C@@H](O)[C@H]6O)[C@H](O)[C@H]5O)[C@H]4O)CC[C@]3(C)[C@H]12. The van der Waals surface area contributed by atoms with Gasteiger partial charge >= 0.3 is 0 Å². The van der Waals surface area contributed by atoms with E-state index >= 15 is 0 Å². The maximum atomic E-state index is 12.3. The van der Waals surface area contributed by atoms with Crippen LogP contribution in [0.25, 0.3) is 0 Å². The number of hydrogen-bond acceptors (Lipinski definition) is 23. The second-order valence-corrected chi connectivity index (χ2v) is 26.2. The third kappa shape index (κ3) is 9.74. The van der Waals surface area contributed by atoms with Crippen molar-refractivity contribution in [2.75, 3.05) is 40.1 Å². The van der Waals surface area contributed by atoms with Crippen molar-refractivity contribution in [3.05, 3.63) is 11.6 Å². The molecule has 9 aliphatic rings. The summed E-state index contributed by atoms with van der Waals surface area (Å²) in [6.45, 7) is 12.4. The van der Waals surface area contributed by atoms with Gasteiger partial charge < -0.3 is 114 Å². The number of hydrogen-bond donors (Lipinski definition) is 14. The molecule has 0 bridgehead atoms. The molecule has 0 radical (unpaired) electrons. The highest BCUT2D eigenvalue weighted by atomic mass is 16.8. The van der Waals surface area contributed by atoms with Crippen molar-refractivity contribution in [3.8, 4) is 0 Å². The van der Waals surface area contributed by atoms with Gasteiger partial charge in [0.25, 0.3) is 0 Å². The fourth-order valence-corrected chi connectivity index (χ4v) is 16.7. The molecule has 9 rings (SSSR count). The molecule has 77 heavy (non-hydrogen) atoms. The predicted octanol–water partition coefficient (Wildman–Crippen LogP) is -2.33. The fraction of sp³-hybridized carbons (Fsp3) is 0.963. The summed E-state index contributed by atoms with van der Waals surface area (Å²) in [6, 6.07) is 0. The fourth-order valence-electron chi connectivity index (χ4n) is 16.7. The molecule has 30 atom stereocenters. The van der Waals surface area contributed by atoms with E-state index in [0.717, 1.165) is 25.7 Å². The Morgan fingerprint density at radius 3 is 1.86 bits per heavy atom. The van der Waals surface area contributed by atoms with Gasteiger partial charge in [0.15, 0.2) is 25.2 Å². The molecule has 0 aromatic heterocycles. The normalized spacial score (nSPS) is 55.8. The van der Waals surface area contributed by atoms with E-state index in [9.17, 15) is 71.5 Å². The average Bonchev–Trinajstić information content (AvgIpc) is 3.41. The van der Waals surface area contributed by atoms with E-state index in [1.807, 2.05) is 6.92 Å². The summed E-state index contributed by atoms with van der Waals surface area (Å²) >= 11 is 0. The summed E-state index contributed by atoms with van der Waals surface area (Å²) in [6.07, 6.45) is -26.1. The number of rotatable bonds is 13. The minimum absolute atomic E-state index is 0.0169. The van der Waals surface area contributed by atoms with Crippen LogP contribution in [0.15, 0.2) is 11.6 Å². The van der Waals surface area contributed by atoms with Crippen LogP contribution in [-0.4, -0.2) is 247 Å². The summed E-state index contributed by atoms with van der Waals surface area (Å²) in [7, 11) is 1.74. The van der Waals surface area contributed by atoms with Gasteiger partial charge in [-0.05, 0) is 91.8 Å². The molecule has 4 heterocycles. The van der Waals surface area contributed by atoms with Crippen LogP contribution in [0.5, 0.6) is 0 Å². The lowest BCUT2D eigenvalue weighted by Gasteiger charge is -2.73. The Balaban J connectivity index is 0.943. The van der Waals surface area contributed by atoms with Crippen LogP contribution in [0.2, 0.25) is 0 Å². The zero-order valence-electron chi connectivity index (χ0n) is 45.6. The van der Waals surface area contributed by atoms with E-state index in [0.29, 0.717) is 25.7 Å². The number of fused-ring (bicyclic) bond motifs is 7. The first kappa shape index (κ1) is 60.4. The van der Waals surface area contributed by atoms with Crippen molar-refractivity contribution in [3.63, 3.8) is 0 Å². The summed E-state index contributed by atoms with van der Waals surface area (Å²) in [5.74, 6) is -0.260. The summed E-state index contributed by atoms with van der Waals surface area (Å²) in [4.78, 5) is 0. The minimum Gasteiger partial charge on any atom is -0.396 e. The second kappa shape index (κ2) is 22.1. The van der Waals surface area contributed by atoms with E-state index in [2.05, 4.69) is 40.7 Å². The van der Waals surface area contributed by atoms with E-state index in [4.69, 9.17) is 42.6 Å². The number of methoxy groups -OCH3 is 1. The zero-order valence-corrected chi connectivity index (χ0v) is 45.6. The van der Waals surface area contributed by atoms with Gasteiger partial charge in [-0.1, -0.05) is 53.2 Å². The summed E-state index contributed by atoms with van der Waals surface area (Å²) in [5.41, 5.74) is -1.55. The Morgan fingerprint density at radius 1 is 0.584 bits per heavy atom. The molecular weight excluding hydrogens is 1020 g/mol. The Bertz CT molecular complexity index is 2070. The molecule has 0 aromatic carbocycles. The molecular formula is C54H90O23. The van der Waals surface area contributed by atoms with Gasteiger partial charge in [0.2, 0.25) is 0 Å². The van der Waals surface area contributed by atoms with Crippen LogP contribution in [-0.2, 0) is 42.6 Å². The van der Waals surface area contributed by atoms with Gasteiger partial charge in [-0.3, -0.25) is 0 Å². The quantitative estimate of drug-likeness (QED) is 0.0680. The topological polar surface area (TPSA) is 366 Å². The molecule has 4 saturated carbocycles. The number of aliphatic hydroxyl groups is 14. The predicted molar refractivity (Wildman–Crippen MR) is 264 cm³/mol. The Morgan fingerprint density at radius 2 is 1.21 bits per heavy atom. The lowest BCUT2D eigenvalue weighted by Crippen LogP contribution is -2.70. The van der Waals surface area contributed by atoms with Crippen LogP contribution in [0.4, 0.5) is 0 Å². The number of allylic oxidation sites excluding steroid dienone is 1. The molecule has 0 amide bonds. The second-order valence-electron chi connectivity index (χ2n) is 26.2. The standard InChI is InChI=1S/C54H90O23/c1-23-33(61)36(64)43(77-47-40(68)42(35(63)28(18-55)72-47)76-46-39(67)37(65)41(29(19-56)73-46)75-45-38(66)34(62)26(59)20-70-45)48(71-23)74-32-10-11-50(4)30(51(32,5)21-57)9-12-52(6)44(50)27(69-8)15-24-25-16-49(2,3)13-14-54(25,22-58)31(60)17-53(24,52)7/h15,23,25-48,55-68H,9-14,16-22H2,1-8H3/t23-,25-,26+,27-,28+,29+,30-,31+,32+,33-,34+,35-,36-,37+,38+,39+,40+,41+,42+,43-,44-,45+,46+,47-,48+,50-,51-,52+,53-,54-/m0/s1. The third-order valence-corrected chi connectivity index (χ3v) is 21.5. The Hall–Kier alpha value is -1.18. The maximum Gasteiger partial charge on any atom is 0.187 e. The van der Waals surface area contributed by atoms with Crippen LogP contribution < -0.4 is 0 Å². The molecule has 444 valence electrons. The molecule has 4 aliphatic heterocycles. The summed E-state index contributed by atoms with van der Waals surface area (Å²) < 4.78 is 54.4. The molecule has 0 aromatic rings. The van der Waals surface area contributed by atoms with Crippen molar-refractivity contribution in [1.29, 1.82) is 0 Å². The van der Waals surface area contributed by atoms with Gasteiger partial charge in [0.1, 0.15) is 85.5 Å². The molecule has 4 saturated heterocycles. The van der Waals surface area contributed by atoms with Crippen LogP contribution in [0.1, 0.15) is 99.8 Å². The van der Waals surface area contributed by atoms with Crippen LogP contribution in [0, 0.1) is 50.2 Å². The van der Waals surface area contributed by atoms with E-state index in [1.54, 1.807) is 7.11 Å². The summed E-state index contributed by atoms with van der Waals surface area (Å²) in [5, 5.41) is 155. The monoisotopic (exact) mass is 1110 g/mol. The lowest BCUT2D eigenvalue weighted by atomic mass is 9.32. The third-order valence-electron chi connectivity index (χ3n) is 21.5. The highest BCUT2D eigenvalue weighted by Gasteiger charge is 2.72. The van der Waals surface area contributed by atoms with Crippen molar-refractivity contribution in [2.24, 2.45) is 50.2 Å². The molecule has 0 spiro atoms. The minimum atomic E-state index is -2.03. The van der Waals surface area contributed by atoms with Crippen molar-refractivity contribution < 1.29 is 114 Å². The highest BCUT2D eigenvalue weighted by molar-refractivity contribution is 5.37. The molecule has 23 heteroatoms. The van der Waals surface area contributed by atoms with Crippen molar-refractivity contribution in [2.45, 2.75) is 235 Å². The Kier molecular flexibility index (Phi) is 17.3. The van der Waals surface area contributed by atoms with E-state index in [1.165, 1.54) is 12.5 Å². The lowest BCUT2D eigenvalue weighted by molar-refractivity contribution is -0.394. The highest BCUT2D eigenvalue weighted by Crippen LogP contribution is 2.76. The molecule has 0 unspecified atom stereocenters. The maximum absolute atomic E-state index is 12.3. The van der Waals surface area contributed by atoms with Crippen LogP contribution >= 0.6 is 0 Å². The van der Waals surface area contributed by atoms with Crippen molar-refractivity contribution in [1.82, 2.24) is 0 Å². The van der Waals surface area contributed by atoms with Gasteiger partial charge in [0.05, 0.1) is 57.5 Å². The number of ether oxygens (including phenoxy) is 9. The van der Waals surface area contributed by atoms with Crippen LogP contribution in [0.3, 0.4) is 0 Å². The van der Waals surface area contributed by atoms with Gasteiger partial charge in [0, 0.05) is 23.9 Å². The first-order valence-corrected chi connectivity index (χ1v) is 27.8. The smallest absolute Gasteiger partial charge is 0.187 e. The zero-order chi connectivity index (χ0) is 56.3. The van der Waals surface area contributed by atoms with Gasteiger partial charge in [-0.15, -0.1) is 0 Å². The Labute approximate surface area is 449 Å². The van der Waals surface area contributed by atoms with Gasteiger partial charge in [-0.25, -0.2) is 0 Å². The average molecular weight is 1110 g/mol. The molecule has 23 nitrogen and oxygen atoms in total. The molecule has 8 fully saturated rings. The van der Waals surface area contributed by atoms with E-state index in [-0.39, 0.29) is 47.9 Å².